The fourth-order valence-corrected chi connectivity index (χ4v) is 5.19. The molecule has 0 unspecified atom stereocenters. The summed E-state index contributed by atoms with van der Waals surface area (Å²) in [7, 11) is -3.38. The fourth-order valence-electron chi connectivity index (χ4n) is 3.92. The van der Waals surface area contributed by atoms with Gasteiger partial charge in [0.05, 0.1) is 31.6 Å². The Morgan fingerprint density at radius 2 is 1.45 bits per heavy atom. The smallest absolute Gasteiger partial charge is 0.259 e. The lowest BCUT2D eigenvalue weighted by Crippen LogP contribution is -2.41. The number of anilines is 1. The average molecular weight is 474 g/mol. The largest absolute Gasteiger partial charge is 0.490 e. The molecule has 7 nitrogen and oxygen atoms in total. The van der Waals surface area contributed by atoms with E-state index in [1.165, 1.54) is 10.3 Å². The van der Waals surface area contributed by atoms with Crippen LogP contribution in [0.4, 0.5) is 5.69 Å². The average Bonchev–Trinajstić information content (AvgIpc) is 3.09. The third-order valence-electron chi connectivity index (χ3n) is 5.10. The highest BCUT2D eigenvalue weighted by Gasteiger charge is 2.33. The van der Waals surface area contributed by atoms with Crippen LogP contribution in [0.25, 0.3) is 0 Å². The first-order valence-electron chi connectivity index (χ1n) is 11.1. The zero-order valence-corrected chi connectivity index (χ0v) is 20.6. The molecule has 1 aliphatic heterocycles. The summed E-state index contributed by atoms with van der Waals surface area (Å²) in [5.41, 5.74) is 2.91. The number of sulfone groups is 1. The first-order chi connectivity index (χ1) is 15.7. The molecule has 2 aromatic carbocycles. The summed E-state index contributed by atoms with van der Waals surface area (Å²) in [4.78, 5) is 15.4. The third-order valence-corrected chi connectivity index (χ3v) is 6.48. The van der Waals surface area contributed by atoms with Crippen molar-refractivity contribution < 1.29 is 27.4 Å². The SMILES string of the molecule is CCOc1cc(C(=O)N(c2cc(C)cc(C)c2)[C@H]2C=CS(=O)(=O)C2)cc(OCC)c1OCC. The van der Waals surface area contributed by atoms with Crippen LogP contribution in [0.2, 0.25) is 0 Å². The van der Waals surface area contributed by atoms with Crippen LogP contribution >= 0.6 is 0 Å². The Kier molecular flexibility index (Phi) is 7.68. The van der Waals surface area contributed by atoms with Gasteiger partial charge in [0, 0.05) is 16.7 Å². The fraction of sp³-hybridized carbons (Fsp3) is 0.400. The van der Waals surface area contributed by atoms with Crippen LogP contribution in [0.15, 0.2) is 41.8 Å². The summed E-state index contributed by atoms with van der Waals surface area (Å²) >= 11 is 0. The van der Waals surface area contributed by atoms with Gasteiger partial charge in [-0.05, 0) is 76.1 Å². The van der Waals surface area contributed by atoms with Crippen LogP contribution in [0.5, 0.6) is 17.2 Å². The number of amides is 1. The van der Waals surface area contributed by atoms with Gasteiger partial charge in [-0.25, -0.2) is 8.42 Å². The summed E-state index contributed by atoms with van der Waals surface area (Å²) in [6, 6.07) is 8.40. The molecule has 0 aromatic heterocycles. The number of ether oxygens (including phenoxy) is 3. The second-order valence-corrected chi connectivity index (χ2v) is 9.78. The molecule has 0 N–H and O–H groups in total. The van der Waals surface area contributed by atoms with Crippen molar-refractivity contribution in [2.45, 2.75) is 40.7 Å². The summed E-state index contributed by atoms with van der Waals surface area (Å²) < 4.78 is 41.6. The molecule has 33 heavy (non-hydrogen) atoms. The Labute approximate surface area is 195 Å². The van der Waals surface area contributed by atoms with Gasteiger partial charge >= 0.3 is 0 Å². The maximum absolute atomic E-state index is 13.9. The van der Waals surface area contributed by atoms with E-state index in [1.54, 1.807) is 18.2 Å². The lowest BCUT2D eigenvalue weighted by Gasteiger charge is -2.29. The molecule has 0 aliphatic carbocycles. The molecule has 1 atom stereocenters. The summed E-state index contributed by atoms with van der Waals surface area (Å²) in [5, 5.41) is 1.18. The molecule has 1 heterocycles. The Bertz CT molecular complexity index is 1110. The van der Waals surface area contributed by atoms with E-state index in [0.717, 1.165) is 11.1 Å². The topological polar surface area (TPSA) is 82.1 Å². The molecule has 0 saturated heterocycles. The van der Waals surface area contributed by atoms with Crippen molar-refractivity contribution >= 4 is 21.4 Å². The molecular formula is C25H31NO6S. The maximum Gasteiger partial charge on any atom is 0.259 e. The van der Waals surface area contributed by atoms with Gasteiger partial charge in [-0.3, -0.25) is 4.79 Å². The number of carbonyl (C=O) groups excluding carboxylic acids is 1. The van der Waals surface area contributed by atoms with E-state index in [4.69, 9.17) is 14.2 Å². The van der Waals surface area contributed by atoms with Crippen LogP contribution < -0.4 is 19.1 Å². The van der Waals surface area contributed by atoms with Gasteiger partial charge in [-0.1, -0.05) is 6.07 Å². The molecule has 178 valence electrons. The van der Waals surface area contributed by atoms with Gasteiger partial charge in [0.25, 0.3) is 5.91 Å². The number of hydrogen-bond acceptors (Lipinski definition) is 6. The van der Waals surface area contributed by atoms with Crippen LogP contribution in [-0.4, -0.2) is 45.9 Å². The quantitative estimate of drug-likeness (QED) is 0.535. The highest BCUT2D eigenvalue weighted by Crippen LogP contribution is 2.40. The van der Waals surface area contributed by atoms with Crippen molar-refractivity contribution in [3.05, 3.63) is 58.5 Å². The van der Waals surface area contributed by atoms with Gasteiger partial charge in [0.15, 0.2) is 21.3 Å². The van der Waals surface area contributed by atoms with Crippen LogP contribution in [0, 0.1) is 13.8 Å². The molecule has 0 saturated carbocycles. The first-order valence-corrected chi connectivity index (χ1v) is 12.8. The molecule has 0 bridgehead atoms. The molecule has 8 heteroatoms. The van der Waals surface area contributed by atoms with E-state index < -0.39 is 15.9 Å². The van der Waals surface area contributed by atoms with Crippen LogP contribution in [0.1, 0.15) is 42.3 Å². The number of aryl methyl sites for hydroxylation is 2. The van der Waals surface area contributed by atoms with E-state index in [-0.39, 0.29) is 11.7 Å². The lowest BCUT2D eigenvalue weighted by molar-refractivity contribution is 0.0982. The maximum atomic E-state index is 13.9. The summed E-state index contributed by atoms with van der Waals surface area (Å²) in [5.74, 6) is 0.738. The molecule has 1 amide bonds. The van der Waals surface area contributed by atoms with Crippen molar-refractivity contribution in [1.82, 2.24) is 0 Å². The lowest BCUT2D eigenvalue weighted by atomic mass is 10.1. The highest BCUT2D eigenvalue weighted by atomic mass is 32.2. The molecule has 1 aliphatic rings. The van der Waals surface area contributed by atoms with Crippen molar-refractivity contribution in [3.63, 3.8) is 0 Å². The zero-order valence-electron chi connectivity index (χ0n) is 19.8. The van der Waals surface area contributed by atoms with Crippen LogP contribution in [0.3, 0.4) is 0 Å². The molecule has 0 fully saturated rings. The Hall–Kier alpha value is -3.00. The van der Waals surface area contributed by atoms with Gasteiger partial charge < -0.3 is 19.1 Å². The summed E-state index contributed by atoms with van der Waals surface area (Å²) in [6.07, 6.45) is 1.56. The highest BCUT2D eigenvalue weighted by molar-refractivity contribution is 7.94. The standard InChI is InChI=1S/C25H31NO6S/c1-6-30-22-14-19(15-23(31-7-2)24(22)32-8-3)25(27)26(20-9-10-33(28,29)16-20)21-12-17(4)11-18(5)13-21/h9-15,20H,6-8,16H2,1-5H3/t20-/m0/s1. The van der Waals surface area contributed by atoms with E-state index in [9.17, 15) is 13.2 Å². The van der Waals surface area contributed by atoms with Crippen molar-refractivity contribution in [1.29, 1.82) is 0 Å². The number of rotatable bonds is 9. The number of hydrogen-bond donors (Lipinski definition) is 0. The first kappa shape index (κ1) is 24.6. The monoisotopic (exact) mass is 473 g/mol. The van der Waals surface area contributed by atoms with Gasteiger partial charge in [-0.2, -0.15) is 0 Å². The molecule has 2 aromatic rings. The summed E-state index contributed by atoms with van der Waals surface area (Å²) in [6.45, 7) is 10.6. The zero-order chi connectivity index (χ0) is 24.2. The van der Waals surface area contributed by atoms with Gasteiger partial charge in [0.2, 0.25) is 5.75 Å². The van der Waals surface area contributed by atoms with Crippen molar-refractivity contribution in [2.24, 2.45) is 0 Å². The molecule has 3 rings (SSSR count). The predicted octanol–water partition coefficient (Wildman–Crippen LogP) is 4.46. The van der Waals surface area contributed by atoms with E-state index >= 15 is 0 Å². The Morgan fingerprint density at radius 1 is 0.909 bits per heavy atom. The Balaban J connectivity index is 2.15. The van der Waals surface area contributed by atoms with Gasteiger partial charge in [0.1, 0.15) is 0 Å². The normalized spacial score (nSPS) is 16.5. The van der Waals surface area contributed by atoms with Gasteiger partial charge in [-0.15, -0.1) is 0 Å². The Morgan fingerprint density at radius 3 is 1.91 bits per heavy atom. The van der Waals surface area contributed by atoms with Crippen molar-refractivity contribution in [2.75, 3.05) is 30.5 Å². The third kappa shape index (κ3) is 5.68. The van der Waals surface area contributed by atoms with E-state index in [2.05, 4.69) is 0 Å². The molecular weight excluding hydrogens is 442 g/mol. The minimum absolute atomic E-state index is 0.167. The van der Waals surface area contributed by atoms with Crippen LogP contribution in [-0.2, 0) is 9.84 Å². The minimum atomic E-state index is -3.38. The molecule has 0 spiro atoms. The van der Waals surface area contributed by atoms with Crippen molar-refractivity contribution in [3.8, 4) is 17.2 Å². The minimum Gasteiger partial charge on any atom is -0.490 e. The number of nitrogens with zero attached hydrogens (tertiary/aromatic N) is 1. The second kappa shape index (κ2) is 10.3. The molecule has 0 radical (unpaired) electrons. The van der Waals surface area contributed by atoms with E-state index in [0.29, 0.717) is 48.3 Å². The second-order valence-electron chi connectivity index (χ2n) is 7.85. The predicted molar refractivity (Wildman–Crippen MR) is 129 cm³/mol. The van der Waals surface area contributed by atoms with E-state index in [1.807, 2.05) is 52.8 Å². The number of carbonyl (C=O) groups is 1. The number of benzene rings is 2.